The summed E-state index contributed by atoms with van der Waals surface area (Å²) in [6.45, 7) is 3.67. The third kappa shape index (κ3) is 3.88. The molecule has 0 aliphatic rings. The van der Waals surface area contributed by atoms with Crippen LogP contribution in [0.3, 0.4) is 0 Å². The molecule has 2 aromatic rings. The van der Waals surface area contributed by atoms with Crippen LogP contribution in [0.4, 0.5) is 10.1 Å². The second-order valence-corrected chi connectivity index (χ2v) is 5.02. The molecule has 0 fully saturated rings. The average molecular weight is 301 g/mol. The maximum Gasteiger partial charge on any atom is 0.257 e. The van der Waals surface area contributed by atoms with E-state index in [9.17, 15) is 14.0 Å². The third-order valence-corrected chi connectivity index (χ3v) is 2.80. The number of para-hydroxylation sites is 1. The van der Waals surface area contributed by atoms with Gasteiger partial charge in [0.25, 0.3) is 11.8 Å². The van der Waals surface area contributed by atoms with Crippen molar-refractivity contribution >= 4 is 17.5 Å². The number of benzene rings is 1. The topological polar surface area (TPSA) is 71.1 Å². The molecule has 0 bridgehead atoms. The van der Waals surface area contributed by atoms with E-state index in [1.165, 1.54) is 36.7 Å². The minimum Gasteiger partial charge on any atom is -0.350 e. The van der Waals surface area contributed by atoms with Crippen LogP contribution in [0.5, 0.6) is 0 Å². The maximum absolute atomic E-state index is 13.5. The monoisotopic (exact) mass is 301 g/mol. The average Bonchev–Trinajstić information content (AvgIpc) is 2.49. The van der Waals surface area contributed by atoms with Gasteiger partial charge in [-0.3, -0.25) is 14.6 Å². The Balaban J connectivity index is 2.17. The minimum absolute atomic E-state index is 0.0246. The number of rotatable bonds is 4. The Labute approximate surface area is 127 Å². The smallest absolute Gasteiger partial charge is 0.257 e. The number of pyridine rings is 1. The molecule has 6 heteroatoms. The van der Waals surface area contributed by atoms with Crippen molar-refractivity contribution in [3.63, 3.8) is 0 Å². The lowest BCUT2D eigenvalue weighted by atomic mass is 10.1. The lowest BCUT2D eigenvalue weighted by molar-refractivity contribution is 0.0942. The highest BCUT2D eigenvalue weighted by Gasteiger charge is 2.13. The van der Waals surface area contributed by atoms with Crippen LogP contribution in [0.25, 0.3) is 0 Å². The van der Waals surface area contributed by atoms with Gasteiger partial charge in [-0.2, -0.15) is 0 Å². The van der Waals surface area contributed by atoms with Gasteiger partial charge in [-0.15, -0.1) is 0 Å². The molecule has 0 aliphatic heterocycles. The zero-order valence-corrected chi connectivity index (χ0v) is 12.3. The van der Waals surface area contributed by atoms with E-state index in [0.717, 1.165) is 0 Å². The number of halogens is 1. The molecule has 0 spiro atoms. The zero-order valence-electron chi connectivity index (χ0n) is 12.3. The van der Waals surface area contributed by atoms with E-state index in [-0.39, 0.29) is 28.8 Å². The standard InChI is InChI=1S/C16H16FN3O2/c1-10(2)19-15(21)11-7-12(9-18-8-11)16(22)20-14-6-4-3-5-13(14)17/h3-10H,1-2H3,(H,19,21)(H,20,22). The molecular weight excluding hydrogens is 285 g/mol. The van der Waals surface area contributed by atoms with Crippen LogP contribution in [-0.2, 0) is 0 Å². The summed E-state index contributed by atoms with van der Waals surface area (Å²) in [5, 5.41) is 5.16. The van der Waals surface area contributed by atoms with Crippen LogP contribution in [0, 0.1) is 5.82 Å². The molecule has 22 heavy (non-hydrogen) atoms. The summed E-state index contributed by atoms with van der Waals surface area (Å²) in [5.74, 6) is -1.38. The highest BCUT2D eigenvalue weighted by molar-refractivity contribution is 6.05. The number of hydrogen-bond acceptors (Lipinski definition) is 3. The van der Waals surface area contributed by atoms with Gasteiger partial charge in [0, 0.05) is 18.4 Å². The molecule has 0 atom stereocenters. The van der Waals surface area contributed by atoms with Crippen LogP contribution in [-0.4, -0.2) is 22.8 Å². The SMILES string of the molecule is CC(C)NC(=O)c1cncc(C(=O)Nc2ccccc2F)c1. The lowest BCUT2D eigenvalue weighted by Gasteiger charge is -2.09. The van der Waals surface area contributed by atoms with Gasteiger partial charge >= 0.3 is 0 Å². The van der Waals surface area contributed by atoms with Gasteiger partial charge in [-0.25, -0.2) is 4.39 Å². The van der Waals surface area contributed by atoms with Gasteiger partial charge in [0.1, 0.15) is 5.82 Å². The molecule has 1 heterocycles. The van der Waals surface area contributed by atoms with E-state index in [1.807, 2.05) is 13.8 Å². The molecule has 0 saturated heterocycles. The summed E-state index contributed by atoms with van der Waals surface area (Å²) in [5.41, 5.74) is 0.527. The van der Waals surface area contributed by atoms with E-state index in [2.05, 4.69) is 15.6 Å². The van der Waals surface area contributed by atoms with Gasteiger partial charge in [-0.05, 0) is 32.0 Å². The first-order valence-electron chi connectivity index (χ1n) is 6.79. The van der Waals surface area contributed by atoms with E-state index >= 15 is 0 Å². The molecule has 2 N–H and O–H groups in total. The van der Waals surface area contributed by atoms with Crippen molar-refractivity contribution < 1.29 is 14.0 Å². The van der Waals surface area contributed by atoms with Crippen LogP contribution in [0.15, 0.2) is 42.7 Å². The molecule has 0 saturated carbocycles. The van der Waals surface area contributed by atoms with E-state index in [1.54, 1.807) is 6.07 Å². The van der Waals surface area contributed by atoms with Crippen molar-refractivity contribution in [1.29, 1.82) is 0 Å². The molecule has 0 unspecified atom stereocenters. The molecular formula is C16H16FN3O2. The Kier molecular flexibility index (Phi) is 4.83. The van der Waals surface area contributed by atoms with Gasteiger partial charge in [0.05, 0.1) is 16.8 Å². The predicted molar refractivity (Wildman–Crippen MR) is 81.2 cm³/mol. The quantitative estimate of drug-likeness (QED) is 0.912. The molecule has 1 aromatic heterocycles. The maximum atomic E-state index is 13.5. The van der Waals surface area contributed by atoms with E-state index in [4.69, 9.17) is 0 Å². The number of amides is 2. The van der Waals surface area contributed by atoms with Gasteiger partial charge in [0.15, 0.2) is 0 Å². The second-order valence-electron chi connectivity index (χ2n) is 5.02. The summed E-state index contributed by atoms with van der Waals surface area (Å²) in [6, 6.07) is 7.24. The highest BCUT2D eigenvalue weighted by Crippen LogP contribution is 2.14. The largest absolute Gasteiger partial charge is 0.350 e. The Morgan fingerprint density at radius 2 is 1.73 bits per heavy atom. The first-order chi connectivity index (χ1) is 10.5. The normalized spacial score (nSPS) is 10.4. The highest BCUT2D eigenvalue weighted by atomic mass is 19.1. The van der Waals surface area contributed by atoms with E-state index in [0.29, 0.717) is 0 Å². The number of nitrogens with zero attached hydrogens (tertiary/aromatic N) is 1. The fourth-order valence-corrected chi connectivity index (χ4v) is 1.79. The summed E-state index contributed by atoms with van der Waals surface area (Å²) in [4.78, 5) is 27.9. The van der Waals surface area contributed by atoms with Crippen LogP contribution < -0.4 is 10.6 Å². The molecule has 114 valence electrons. The van der Waals surface area contributed by atoms with Crippen molar-refractivity contribution in [1.82, 2.24) is 10.3 Å². The van der Waals surface area contributed by atoms with Crippen LogP contribution in [0.2, 0.25) is 0 Å². The van der Waals surface area contributed by atoms with Crippen molar-refractivity contribution in [2.45, 2.75) is 19.9 Å². The fourth-order valence-electron chi connectivity index (χ4n) is 1.79. The summed E-state index contributed by atoms with van der Waals surface area (Å²) >= 11 is 0. The van der Waals surface area contributed by atoms with Crippen LogP contribution in [0.1, 0.15) is 34.6 Å². The van der Waals surface area contributed by atoms with Gasteiger partial charge in [-0.1, -0.05) is 12.1 Å². The molecule has 2 rings (SSSR count). The molecule has 2 amide bonds. The Hall–Kier alpha value is -2.76. The Bertz CT molecular complexity index is 701. The molecule has 0 radical (unpaired) electrons. The number of anilines is 1. The number of nitrogens with one attached hydrogen (secondary N) is 2. The van der Waals surface area contributed by atoms with Crippen molar-refractivity contribution in [2.75, 3.05) is 5.32 Å². The minimum atomic E-state index is -0.531. The van der Waals surface area contributed by atoms with E-state index < -0.39 is 11.7 Å². The number of hydrogen-bond donors (Lipinski definition) is 2. The first-order valence-corrected chi connectivity index (χ1v) is 6.79. The molecule has 0 aliphatic carbocycles. The number of carbonyl (C=O) groups is 2. The summed E-state index contributed by atoms with van der Waals surface area (Å²) in [7, 11) is 0. The van der Waals surface area contributed by atoms with Crippen molar-refractivity contribution in [2.24, 2.45) is 0 Å². The second kappa shape index (κ2) is 6.80. The Morgan fingerprint density at radius 1 is 1.09 bits per heavy atom. The Morgan fingerprint density at radius 3 is 2.36 bits per heavy atom. The lowest BCUT2D eigenvalue weighted by Crippen LogP contribution is -2.30. The predicted octanol–water partition coefficient (Wildman–Crippen LogP) is 2.61. The number of aromatic nitrogens is 1. The van der Waals surface area contributed by atoms with Gasteiger partial charge < -0.3 is 10.6 Å². The third-order valence-electron chi connectivity index (χ3n) is 2.80. The van der Waals surface area contributed by atoms with Crippen molar-refractivity contribution in [3.8, 4) is 0 Å². The van der Waals surface area contributed by atoms with Gasteiger partial charge in [0.2, 0.25) is 0 Å². The summed E-state index contributed by atoms with van der Waals surface area (Å²) < 4.78 is 13.5. The molecule has 1 aromatic carbocycles. The van der Waals surface area contributed by atoms with Crippen LogP contribution >= 0.6 is 0 Å². The molecule has 5 nitrogen and oxygen atoms in total. The van der Waals surface area contributed by atoms with Crippen molar-refractivity contribution in [3.05, 3.63) is 59.7 Å². The fraction of sp³-hybridized carbons (Fsp3) is 0.188. The first kappa shape index (κ1) is 15.6. The number of carbonyl (C=O) groups excluding carboxylic acids is 2. The summed E-state index contributed by atoms with van der Waals surface area (Å²) in [6.07, 6.45) is 2.69. The zero-order chi connectivity index (χ0) is 16.1.